The van der Waals surface area contributed by atoms with Crippen molar-refractivity contribution in [1.82, 2.24) is 4.31 Å². The Morgan fingerprint density at radius 1 is 1.00 bits per heavy atom. The summed E-state index contributed by atoms with van der Waals surface area (Å²) in [4.78, 5) is 23.7. The van der Waals surface area contributed by atoms with Gasteiger partial charge in [0.15, 0.2) is 6.61 Å². The molecule has 1 heterocycles. The monoisotopic (exact) mass is 417 g/mol. The minimum Gasteiger partial charge on any atom is -0.483 e. The first kappa shape index (κ1) is 20.8. The summed E-state index contributed by atoms with van der Waals surface area (Å²) in [7, 11) is -3.51. The molecule has 9 heteroatoms. The molecule has 0 saturated carbocycles. The summed E-state index contributed by atoms with van der Waals surface area (Å²) in [6.07, 6.45) is 2.78. The molecule has 29 heavy (non-hydrogen) atoms. The molecule has 0 aliphatic carbocycles. The van der Waals surface area contributed by atoms with Crippen molar-refractivity contribution < 1.29 is 22.7 Å². The number of primary amides is 1. The lowest BCUT2D eigenvalue weighted by Crippen LogP contribution is -2.35. The topological polar surface area (TPSA) is 119 Å². The Kier molecular flexibility index (Phi) is 6.50. The zero-order valence-electron chi connectivity index (χ0n) is 15.8. The highest BCUT2D eigenvalue weighted by atomic mass is 32.2. The van der Waals surface area contributed by atoms with Crippen molar-refractivity contribution in [2.75, 3.05) is 25.0 Å². The molecular formula is C20H23N3O5S. The van der Waals surface area contributed by atoms with Gasteiger partial charge in [0.1, 0.15) is 5.75 Å². The van der Waals surface area contributed by atoms with Gasteiger partial charge in [-0.25, -0.2) is 8.42 Å². The maximum atomic E-state index is 12.6. The molecule has 0 unspecified atom stereocenters. The van der Waals surface area contributed by atoms with Gasteiger partial charge in [-0.15, -0.1) is 0 Å². The van der Waals surface area contributed by atoms with E-state index < -0.39 is 21.8 Å². The Balaban J connectivity index is 1.60. The van der Waals surface area contributed by atoms with E-state index in [1.54, 1.807) is 18.2 Å². The van der Waals surface area contributed by atoms with Crippen molar-refractivity contribution in [3.05, 3.63) is 54.1 Å². The number of rotatable bonds is 7. The molecule has 0 spiro atoms. The van der Waals surface area contributed by atoms with E-state index in [-0.39, 0.29) is 22.8 Å². The number of nitrogens with one attached hydrogen (secondary N) is 1. The third kappa shape index (κ3) is 5.12. The number of hydrogen-bond donors (Lipinski definition) is 2. The number of piperidine rings is 1. The van der Waals surface area contributed by atoms with Gasteiger partial charge in [-0.3, -0.25) is 9.59 Å². The molecule has 1 fully saturated rings. The SMILES string of the molecule is NC(=O)c1ccccc1OCC(=O)Nc1ccc(S(=O)(=O)N2CCCCC2)cc1. The fraction of sp³-hybridized carbons (Fsp3) is 0.300. The number of carbonyl (C=O) groups excluding carboxylic acids is 2. The van der Waals surface area contributed by atoms with Crippen LogP contribution >= 0.6 is 0 Å². The van der Waals surface area contributed by atoms with Crippen molar-refractivity contribution in [2.45, 2.75) is 24.2 Å². The van der Waals surface area contributed by atoms with Crippen LogP contribution in [0.4, 0.5) is 5.69 Å². The summed E-state index contributed by atoms with van der Waals surface area (Å²) >= 11 is 0. The summed E-state index contributed by atoms with van der Waals surface area (Å²) in [5.74, 6) is -0.874. The van der Waals surface area contributed by atoms with E-state index in [4.69, 9.17) is 10.5 Å². The number of benzene rings is 2. The predicted molar refractivity (Wildman–Crippen MR) is 108 cm³/mol. The Bertz CT molecular complexity index is 983. The highest BCUT2D eigenvalue weighted by Crippen LogP contribution is 2.22. The van der Waals surface area contributed by atoms with Crippen LogP contribution in [0, 0.1) is 0 Å². The molecule has 3 N–H and O–H groups in total. The minimum absolute atomic E-state index is 0.188. The van der Waals surface area contributed by atoms with Gasteiger partial charge in [0.05, 0.1) is 10.5 Å². The molecule has 1 saturated heterocycles. The Labute approximate surface area is 169 Å². The lowest BCUT2D eigenvalue weighted by atomic mass is 10.2. The zero-order valence-corrected chi connectivity index (χ0v) is 16.7. The molecule has 0 bridgehead atoms. The number of sulfonamides is 1. The van der Waals surface area contributed by atoms with Crippen LogP contribution in [-0.2, 0) is 14.8 Å². The van der Waals surface area contributed by atoms with Crippen LogP contribution in [-0.4, -0.2) is 44.2 Å². The molecule has 1 aliphatic heterocycles. The maximum Gasteiger partial charge on any atom is 0.262 e. The van der Waals surface area contributed by atoms with Gasteiger partial charge in [0, 0.05) is 18.8 Å². The molecule has 0 atom stereocenters. The number of hydrogen-bond acceptors (Lipinski definition) is 5. The third-order valence-corrected chi connectivity index (χ3v) is 6.52. The normalized spacial score (nSPS) is 14.9. The van der Waals surface area contributed by atoms with Gasteiger partial charge < -0.3 is 15.8 Å². The van der Waals surface area contributed by atoms with E-state index in [9.17, 15) is 18.0 Å². The first-order valence-corrected chi connectivity index (χ1v) is 10.7. The smallest absolute Gasteiger partial charge is 0.262 e. The molecule has 1 aliphatic rings. The van der Waals surface area contributed by atoms with Crippen LogP contribution in [0.5, 0.6) is 5.75 Å². The Hall–Kier alpha value is -2.91. The molecule has 2 amide bonds. The highest BCUT2D eigenvalue weighted by molar-refractivity contribution is 7.89. The number of nitrogens with zero attached hydrogens (tertiary/aromatic N) is 1. The van der Waals surface area contributed by atoms with Gasteiger partial charge in [0.2, 0.25) is 10.0 Å². The van der Waals surface area contributed by atoms with Crippen molar-refractivity contribution >= 4 is 27.5 Å². The zero-order chi connectivity index (χ0) is 20.9. The fourth-order valence-electron chi connectivity index (χ4n) is 3.10. The lowest BCUT2D eigenvalue weighted by Gasteiger charge is -2.25. The van der Waals surface area contributed by atoms with Crippen LogP contribution < -0.4 is 15.8 Å². The van der Waals surface area contributed by atoms with Gasteiger partial charge >= 0.3 is 0 Å². The van der Waals surface area contributed by atoms with Crippen molar-refractivity contribution in [1.29, 1.82) is 0 Å². The van der Waals surface area contributed by atoms with Crippen LogP contribution in [0.3, 0.4) is 0 Å². The second kappa shape index (κ2) is 9.06. The molecular weight excluding hydrogens is 394 g/mol. The molecule has 2 aromatic carbocycles. The second-order valence-corrected chi connectivity index (χ2v) is 8.62. The van der Waals surface area contributed by atoms with E-state index in [2.05, 4.69) is 5.32 Å². The van der Waals surface area contributed by atoms with Gasteiger partial charge in [-0.1, -0.05) is 18.6 Å². The third-order valence-electron chi connectivity index (χ3n) is 4.60. The average Bonchev–Trinajstić information content (AvgIpc) is 2.73. The number of para-hydroxylation sites is 1. The summed E-state index contributed by atoms with van der Waals surface area (Å²) in [5.41, 5.74) is 5.91. The summed E-state index contributed by atoms with van der Waals surface area (Å²) in [5, 5.41) is 2.63. The fourth-order valence-corrected chi connectivity index (χ4v) is 4.62. The van der Waals surface area contributed by atoms with E-state index in [1.807, 2.05) is 0 Å². The van der Waals surface area contributed by atoms with Gasteiger partial charge in [-0.2, -0.15) is 4.31 Å². The Morgan fingerprint density at radius 3 is 2.31 bits per heavy atom. The predicted octanol–water partition coefficient (Wildman–Crippen LogP) is 1.98. The molecule has 0 aromatic heterocycles. The Morgan fingerprint density at radius 2 is 1.66 bits per heavy atom. The summed E-state index contributed by atoms with van der Waals surface area (Å²) in [6, 6.07) is 12.4. The first-order chi connectivity index (χ1) is 13.9. The second-order valence-electron chi connectivity index (χ2n) is 6.69. The van der Waals surface area contributed by atoms with Gasteiger partial charge in [-0.05, 0) is 49.2 Å². The number of nitrogens with two attached hydrogens (primary N) is 1. The first-order valence-electron chi connectivity index (χ1n) is 9.29. The molecule has 2 aromatic rings. The van der Waals surface area contributed by atoms with Crippen LogP contribution in [0.15, 0.2) is 53.4 Å². The summed E-state index contributed by atoms with van der Waals surface area (Å²) < 4.78 is 32.2. The minimum atomic E-state index is -3.51. The van der Waals surface area contributed by atoms with Crippen molar-refractivity contribution in [2.24, 2.45) is 5.73 Å². The van der Waals surface area contributed by atoms with E-state index in [0.717, 1.165) is 19.3 Å². The molecule has 0 radical (unpaired) electrons. The van der Waals surface area contributed by atoms with E-state index >= 15 is 0 Å². The van der Waals surface area contributed by atoms with E-state index in [0.29, 0.717) is 18.8 Å². The number of carbonyl (C=O) groups is 2. The lowest BCUT2D eigenvalue weighted by molar-refractivity contribution is -0.118. The maximum absolute atomic E-state index is 12.6. The number of anilines is 1. The largest absolute Gasteiger partial charge is 0.483 e. The highest BCUT2D eigenvalue weighted by Gasteiger charge is 2.25. The van der Waals surface area contributed by atoms with E-state index in [1.165, 1.54) is 34.6 Å². The van der Waals surface area contributed by atoms with Crippen LogP contribution in [0.2, 0.25) is 0 Å². The summed E-state index contributed by atoms with van der Waals surface area (Å²) in [6.45, 7) is 0.744. The van der Waals surface area contributed by atoms with Crippen LogP contribution in [0.25, 0.3) is 0 Å². The van der Waals surface area contributed by atoms with Crippen LogP contribution in [0.1, 0.15) is 29.6 Å². The van der Waals surface area contributed by atoms with Crippen molar-refractivity contribution in [3.8, 4) is 5.75 Å². The average molecular weight is 417 g/mol. The number of ether oxygens (including phenoxy) is 1. The standard InChI is InChI=1S/C20H23N3O5S/c21-20(25)17-6-2-3-7-18(17)28-14-19(24)22-15-8-10-16(11-9-15)29(26,27)23-12-4-1-5-13-23/h2-3,6-11H,1,4-5,12-14H2,(H2,21,25)(H,22,24). The number of amides is 2. The quantitative estimate of drug-likeness (QED) is 0.714. The van der Waals surface area contributed by atoms with Gasteiger partial charge in [0.25, 0.3) is 11.8 Å². The molecule has 3 rings (SSSR count). The van der Waals surface area contributed by atoms with Crippen molar-refractivity contribution in [3.63, 3.8) is 0 Å². The molecule has 154 valence electrons. The molecule has 8 nitrogen and oxygen atoms in total.